The van der Waals surface area contributed by atoms with Crippen molar-refractivity contribution in [1.29, 1.82) is 0 Å². The van der Waals surface area contributed by atoms with Crippen molar-refractivity contribution in [3.05, 3.63) is 68.2 Å². The number of aryl methyl sites for hydroxylation is 3. The molecular formula is C16H15Cl3. The molecule has 0 fully saturated rings. The number of hydrogen-bond acceptors (Lipinski definition) is 0. The monoisotopic (exact) mass is 312 g/mol. The van der Waals surface area contributed by atoms with Crippen LogP contribution in [0, 0.1) is 20.8 Å². The molecule has 0 radical (unpaired) electrons. The molecule has 0 nitrogen and oxygen atoms in total. The number of benzene rings is 2. The van der Waals surface area contributed by atoms with E-state index in [1.54, 1.807) is 0 Å². The SMILES string of the molecule is Cc1ccc(C(Cl)c2cc(C)c(Cl)cc2C)cc1Cl. The van der Waals surface area contributed by atoms with Crippen LogP contribution >= 0.6 is 34.8 Å². The van der Waals surface area contributed by atoms with Crippen LogP contribution in [-0.4, -0.2) is 0 Å². The molecule has 0 aromatic heterocycles. The lowest BCUT2D eigenvalue weighted by Gasteiger charge is -2.16. The normalized spacial score (nSPS) is 12.5. The molecule has 2 aromatic carbocycles. The summed E-state index contributed by atoms with van der Waals surface area (Å²) < 4.78 is 0. The lowest BCUT2D eigenvalue weighted by molar-refractivity contribution is 1.10. The summed E-state index contributed by atoms with van der Waals surface area (Å²) >= 11 is 18.9. The van der Waals surface area contributed by atoms with E-state index < -0.39 is 0 Å². The quantitative estimate of drug-likeness (QED) is 0.575. The van der Waals surface area contributed by atoms with Crippen molar-refractivity contribution >= 4 is 34.8 Å². The average molecular weight is 314 g/mol. The fraction of sp³-hybridized carbons (Fsp3) is 0.250. The highest BCUT2D eigenvalue weighted by molar-refractivity contribution is 6.32. The van der Waals surface area contributed by atoms with Gasteiger partial charge in [-0.3, -0.25) is 0 Å². The third kappa shape index (κ3) is 3.08. The van der Waals surface area contributed by atoms with Crippen molar-refractivity contribution in [2.45, 2.75) is 26.1 Å². The van der Waals surface area contributed by atoms with Crippen LogP contribution in [0.15, 0.2) is 30.3 Å². The van der Waals surface area contributed by atoms with Gasteiger partial charge in [-0.05, 0) is 60.7 Å². The molecule has 2 rings (SSSR count). The van der Waals surface area contributed by atoms with Gasteiger partial charge in [0.25, 0.3) is 0 Å². The van der Waals surface area contributed by atoms with E-state index in [2.05, 4.69) is 0 Å². The van der Waals surface area contributed by atoms with Crippen LogP contribution in [0.4, 0.5) is 0 Å². The maximum atomic E-state index is 6.58. The van der Waals surface area contributed by atoms with E-state index in [1.165, 1.54) is 0 Å². The van der Waals surface area contributed by atoms with Gasteiger partial charge in [-0.25, -0.2) is 0 Å². The Balaban J connectivity index is 2.46. The Morgan fingerprint density at radius 2 is 1.42 bits per heavy atom. The molecule has 0 aliphatic rings. The standard InChI is InChI=1S/C16H15Cl3/c1-9-4-5-12(8-15(9)18)16(19)13-6-11(3)14(17)7-10(13)2/h4-8,16H,1-3H3. The van der Waals surface area contributed by atoms with E-state index in [0.29, 0.717) is 0 Å². The second-order valence-corrected chi connectivity index (χ2v) is 6.08. The molecule has 0 saturated heterocycles. The lowest BCUT2D eigenvalue weighted by Crippen LogP contribution is -1.98. The Hall–Kier alpha value is -0.690. The molecule has 19 heavy (non-hydrogen) atoms. The first-order valence-electron chi connectivity index (χ1n) is 6.07. The van der Waals surface area contributed by atoms with Gasteiger partial charge in [-0.2, -0.15) is 0 Å². The van der Waals surface area contributed by atoms with Gasteiger partial charge in [0, 0.05) is 10.0 Å². The minimum absolute atomic E-state index is 0.214. The van der Waals surface area contributed by atoms with Crippen molar-refractivity contribution in [2.24, 2.45) is 0 Å². The Kier molecular flexibility index (Phi) is 4.45. The molecule has 0 N–H and O–H groups in total. The molecule has 100 valence electrons. The van der Waals surface area contributed by atoms with Crippen molar-refractivity contribution in [1.82, 2.24) is 0 Å². The van der Waals surface area contributed by atoms with E-state index >= 15 is 0 Å². The molecule has 0 saturated carbocycles. The summed E-state index contributed by atoms with van der Waals surface area (Å²) in [6.45, 7) is 5.98. The zero-order valence-electron chi connectivity index (χ0n) is 11.1. The lowest BCUT2D eigenvalue weighted by atomic mass is 9.97. The van der Waals surface area contributed by atoms with Gasteiger partial charge in [0.05, 0.1) is 5.38 Å². The third-order valence-electron chi connectivity index (χ3n) is 3.31. The highest BCUT2D eigenvalue weighted by Crippen LogP contribution is 2.35. The van der Waals surface area contributed by atoms with Crippen LogP contribution in [0.3, 0.4) is 0 Å². The second-order valence-electron chi connectivity index (χ2n) is 4.83. The van der Waals surface area contributed by atoms with Gasteiger partial charge in [0.2, 0.25) is 0 Å². The van der Waals surface area contributed by atoms with E-state index in [9.17, 15) is 0 Å². The smallest absolute Gasteiger partial charge is 0.0838 e. The van der Waals surface area contributed by atoms with Gasteiger partial charge in [0.1, 0.15) is 0 Å². The summed E-state index contributed by atoms with van der Waals surface area (Å²) in [5.41, 5.74) is 5.25. The molecule has 1 unspecified atom stereocenters. The minimum Gasteiger partial charge on any atom is -0.113 e. The molecule has 0 spiro atoms. The zero-order valence-corrected chi connectivity index (χ0v) is 13.4. The van der Waals surface area contributed by atoms with Gasteiger partial charge >= 0.3 is 0 Å². The highest BCUT2D eigenvalue weighted by Gasteiger charge is 2.15. The average Bonchev–Trinajstić information content (AvgIpc) is 2.36. The zero-order chi connectivity index (χ0) is 14.2. The van der Waals surface area contributed by atoms with Crippen molar-refractivity contribution in [3.8, 4) is 0 Å². The summed E-state index contributed by atoms with van der Waals surface area (Å²) in [5, 5.41) is 1.30. The molecule has 2 aromatic rings. The van der Waals surface area contributed by atoms with Crippen LogP contribution < -0.4 is 0 Å². The fourth-order valence-electron chi connectivity index (χ4n) is 2.02. The molecule has 3 heteroatoms. The predicted molar refractivity (Wildman–Crippen MR) is 84.8 cm³/mol. The molecule has 0 bridgehead atoms. The first-order valence-corrected chi connectivity index (χ1v) is 7.26. The molecule has 0 aliphatic carbocycles. The summed E-state index contributed by atoms with van der Waals surface area (Å²) in [4.78, 5) is 0. The summed E-state index contributed by atoms with van der Waals surface area (Å²) in [6, 6.07) is 9.94. The molecule has 0 heterocycles. The van der Waals surface area contributed by atoms with Crippen molar-refractivity contribution in [2.75, 3.05) is 0 Å². The third-order valence-corrected chi connectivity index (χ3v) is 4.61. The Morgan fingerprint density at radius 3 is 2.05 bits per heavy atom. The molecule has 0 amide bonds. The van der Waals surface area contributed by atoms with Gasteiger partial charge in [-0.1, -0.05) is 41.4 Å². The first-order chi connectivity index (χ1) is 8.90. The maximum absolute atomic E-state index is 6.58. The fourth-order valence-corrected chi connectivity index (χ4v) is 2.80. The molecule has 0 aliphatic heterocycles. The number of rotatable bonds is 2. The molecule has 1 atom stereocenters. The van der Waals surface area contributed by atoms with Crippen molar-refractivity contribution < 1.29 is 0 Å². The van der Waals surface area contributed by atoms with E-state index in [4.69, 9.17) is 34.8 Å². The summed E-state index contributed by atoms with van der Waals surface area (Å²) in [7, 11) is 0. The Morgan fingerprint density at radius 1 is 0.789 bits per heavy atom. The largest absolute Gasteiger partial charge is 0.113 e. The van der Waals surface area contributed by atoms with E-state index in [-0.39, 0.29) is 5.38 Å². The maximum Gasteiger partial charge on any atom is 0.0838 e. The predicted octanol–water partition coefficient (Wildman–Crippen LogP) is 6.25. The van der Waals surface area contributed by atoms with Gasteiger partial charge in [-0.15, -0.1) is 11.6 Å². The van der Waals surface area contributed by atoms with Gasteiger partial charge < -0.3 is 0 Å². The topological polar surface area (TPSA) is 0 Å². The second kappa shape index (κ2) is 5.75. The van der Waals surface area contributed by atoms with Crippen LogP contribution in [0.2, 0.25) is 10.0 Å². The van der Waals surface area contributed by atoms with Crippen LogP contribution in [-0.2, 0) is 0 Å². The number of alkyl halides is 1. The summed E-state index contributed by atoms with van der Waals surface area (Å²) in [5.74, 6) is 0. The highest BCUT2D eigenvalue weighted by atomic mass is 35.5. The van der Waals surface area contributed by atoms with E-state index in [0.717, 1.165) is 37.9 Å². The Labute approximate surface area is 129 Å². The van der Waals surface area contributed by atoms with E-state index in [1.807, 2.05) is 51.1 Å². The Bertz CT molecular complexity index is 618. The van der Waals surface area contributed by atoms with Crippen molar-refractivity contribution in [3.63, 3.8) is 0 Å². The first kappa shape index (κ1) is 14.7. The van der Waals surface area contributed by atoms with Gasteiger partial charge in [0.15, 0.2) is 0 Å². The molecular weight excluding hydrogens is 299 g/mol. The number of hydrogen-bond donors (Lipinski definition) is 0. The summed E-state index contributed by atoms with van der Waals surface area (Å²) in [6.07, 6.45) is 0. The van der Waals surface area contributed by atoms with Crippen LogP contribution in [0.1, 0.15) is 33.2 Å². The van der Waals surface area contributed by atoms with Crippen LogP contribution in [0.5, 0.6) is 0 Å². The van der Waals surface area contributed by atoms with Crippen LogP contribution in [0.25, 0.3) is 0 Å². The number of halogens is 3. The minimum atomic E-state index is -0.214.